The number of hydrogen-bond acceptors (Lipinski definition) is 1. The van der Waals surface area contributed by atoms with Crippen molar-refractivity contribution in [1.82, 2.24) is 0 Å². The molecule has 2 atom stereocenters. The maximum Gasteiger partial charge on any atom is 0.0410 e. The Hall–Kier alpha value is -0.980. The smallest absolute Gasteiger partial charge is 0.0410 e. The normalized spacial score (nSPS) is 22.1. The van der Waals surface area contributed by atoms with Crippen molar-refractivity contribution in [2.45, 2.75) is 67.9 Å². The number of rotatable bonds is 2. The zero-order valence-corrected chi connectivity index (χ0v) is 14.5. The number of benzene rings is 1. The average Bonchev–Trinajstić information content (AvgIpc) is 2.41. The fourth-order valence-corrected chi connectivity index (χ4v) is 3.79. The zero-order chi connectivity index (χ0) is 15.2. The second kappa shape index (κ2) is 5.42. The molecule has 2 rings (SSSR count). The van der Waals surface area contributed by atoms with Crippen LogP contribution in [0, 0.1) is 45.4 Å². The first-order valence-electron chi connectivity index (χ1n) is 8.11. The molecule has 1 N–H and O–H groups in total. The van der Waals surface area contributed by atoms with Gasteiger partial charge in [-0.05, 0) is 79.7 Å². The van der Waals surface area contributed by atoms with Crippen LogP contribution in [0.4, 0.5) is 5.69 Å². The lowest BCUT2D eigenvalue weighted by Crippen LogP contribution is -2.42. The first-order chi connectivity index (χ1) is 9.25. The highest BCUT2D eigenvalue weighted by molar-refractivity contribution is 5.67. The third-order valence-electron chi connectivity index (χ3n) is 5.60. The molecule has 112 valence electrons. The molecule has 0 radical (unpaired) electrons. The predicted octanol–water partition coefficient (Wildman–Crippen LogP) is 5.19. The van der Waals surface area contributed by atoms with Crippen LogP contribution in [0.25, 0.3) is 0 Å². The standard InChI is InChI=1S/C19H31N/c1-10(2)16-9-17-14(7)12(5)13(6)15(8)19(17)20-18(16)11(3)4/h10-11,16,18,20H,9H2,1-8H3. The first kappa shape index (κ1) is 15.4. The van der Waals surface area contributed by atoms with Crippen molar-refractivity contribution in [3.05, 3.63) is 27.8 Å². The van der Waals surface area contributed by atoms with Gasteiger partial charge in [0.15, 0.2) is 0 Å². The van der Waals surface area contributed by atoms with Gasteiger partial charge in [0.1, 0.15) is 0 Å². The molecule has 0 aromatic heterocycles. The predicted molar refractivity (Wildman–Crippen MR) is 89.7 cm³/mol. The van der Waals surface area contributed by atoms with E-state index >= 15 is 0 Å². The highest BCUT2D eigenvalue weighted by atomic mass is 15.0. The molecule has 0 aliphatic carbocycles. The van der Waals surface area contributed by atoms with Gasteiger partial charge in [-0.1, -0.05) is 27.7 Å². The van der Waals surface area contributed by atoms with E-state index in [0.717, 1.165) is 11.8 Å². The number of nitrogens with one attached hydrogen (secondary N) is 1. The Balaban J connectivity index is 2.57. The Morgan fingerprint density at radius 1 is 0.800 bits per heavy atom. The molecule has 0 fully saturated rings. The molecule has 1 aromatic rings. The van der Waals surface area contributed by atoms with Crippen molar-refractivity contribution < 1.29 is 0 Å². The molecule has 1 aliphatic heterocycles. The molecular formula is C19H31N. The topological polar surface area (TPSA) is 12.0 Å². The van der Waals surface area contributed by atoms with E-state index in [1.165, 1.54) is 34.4 Å². The Bertz CT molecular complexity index is 464. The third kappa shape index (κ3) is 2.36. The quantitative estimate of drug-likeness (QED) is 0.782. The first-order valence-corrected chi connectivity index (χ1v) is 8.11. The van der Waals surface area contributed by atoms with E-state index in [-0.39, 0.29) is 0 Å². The molecule has 1 aromatic carbocycles. The summed E-state index contributed by atoms with van der Waals surface area (Å²) in [4.78, 5) is 0. The van der Waals surface area contributed by atoms with Gasteiger partial charge in [0.2, 0.25) is 0 Å². The highest BCUT2D eigenvalue weighted by Crippen LogP contribution is 2.40. The minimum Gasteiger partial charge on any atom is -0.381 e. The third-order valence-corrected chi connectivity index (χ3v) is 5.60. The molecule has 0 saturated carbocycles. The SMILES string of the molecule is Cc1c(C)c(C)c2c(c1C)CC(C(C)C)C(C(C)C)N2. The van der Waals surface area contributed by atoms with E-state index in [4.69, 9.17) is 0 Å². The summed E-state index contributed by atoms with van der Waals surface area (Å²) in [5.41, 5.74) is 8.90. The van der Waals surface area contributed by atoms with E-state index < -0.39 is 0 Å². The maximum absolute atomic E-state index is 3.90. The summed E-state index contributed by atoms with van der Waals surface area (Å²) in [5.74, 6) is 2.14. The van der Waals surface area contributed by atoms with Gasteiger partial charge in [0.25, 0.3) is 0 Å². The van der Waals surface area contributed by atoms with Crippen LogP contribution in [-0.4, -0.2) is 6.04 Å². The Morgan fingerprint density at radius 3 is 1.85 bits per heavy atom. The summed E-state index contributed by atoms with van der Waals surface area (Å²) >= 11 is 0. The Morgan fingerprint density at radius 2 is 1.35 bits per heavy atom. The molecule has 0 saturated heterocycles. The fourth-order valence-electron chi connectivity index (χ4n) is 3.79. The zero-order valence-electron chi connectivity index (χ0n) is 14.5. The van der Waals surface area contributed by atoms with Crippen LogP contribution in [0.2, 0.25) is 0 Å². The minimum absolute atomic E-state index is 0.600. The molecule has 0 spiro atoms. The molecule has 1 aliphatic rings. The van der Waals surface area contributed by atoms with Gasteiger partial charge >= 0.3 is 0 Å². The van der Waals surface area contributed by atoms with Crippen molar-refractivity contribution in [2.75, 3.05) is 5.32 Å². The lowest BCUT2D eigenvalue weighted by atomic mass is 9.73. The summed E-state index contributed by atoms with van der Waals surface area (Å²) in [6.45, 7) is 18.6. The van der Waals surface area contributed by atoms with Crippen LogP contribution >= 0.6 is 0 Å². The summed E-state index contributed by atoms with van der Waals surface area (Å²) in [6, 6.07) is 0.600. The van der Waals surface area contributed by atoms with Crippen LogP contribution < -0.4 is 5.32 Å². The van der Waals surface area contributed by atoms with E-state index in [1.807, 2.05) is 0 Å². The van der Waals surface area contributed by atoms with Gasteiger partial charge in [0.05, 0.1) is 0 Å². The molecule has 1 heteroatoms. The summed E-state index contributed by atoms with van der Waals surface area (Å²) in [6.07, 6.45) is 1.23. The minimum atomic E-state index is 0.600. The second-order valence-electron chi connectivity index (χ2n) is 7.38. The number of anilines is 1. The van der Waals surface area contributed by atoms with Crippen molar-refractivity contribution in [1.29, 1.82) is 0 Å². The summed E-state index contributed by atoms with van der Waals surface area (Å²) in [7, 11) is 0. The number of hydrogen-bond donors (Lipinski definition) is 1. The van der Waals surface area contributed by atoms with Crippen molar-refractivity contribution >= 4 is 5.69 Å². The Kier molecular flexibility index (Phi) is 4.18. The maximum atomic E-state index is 3.90. The van der Waals surface area contributed by atoms with Crippen LogP contribution in [-0.2, 0) is 6.42 Å². The molecule has 20 heavy (non-hydrogen) atoms. The number of fused-ring (bicyclic) bond motifs is 1. The van der Waals surface area contributed by atoms with Gasteiger partial charge in [-0.15, -0.1) is 0 Å². The van der Waals surface area contributed by atoms with Crippen LogP contribution in [0.3, 0.4) is 0 Å². The van der Waals surface area contributed by atoms with Crippen LogP contribution in [0.1, 0.15) is 55.5 Å². The highest BCUT2D eigenvalue weighted by Gasteiger charge is 2.34. The Labute approximate surface area is 125 Å². The largest absolute Gasteiger partial charge is 0.381 e. The molecule has 1 nitrogen and oxygen atoms in total. The molecule has 1 heterocycles. The van der Waals surface area contributed by atoms with E-state index in [0.29, 0.717) is 12.0 Å². The lowest BCUT2D eigenvalue weighted by Gasteiger charge is -2.41. The van der Waals surface area contributed by atoms with Crippen molar-refractivity contribution in [3.8, 4) is 0 Å². The van der Waals surface area contributed by atoms with E-state index in [2.05, 4.69) is 60.7 Å². The van der Waals surface area contributed by atoms with Gasteiger partial charge in [-0.3, -0.25) is 0 Å². The van der Waals surface area contributed by atoms with Gasteiger partial charge in [0, 0.05) is 11.7 Å². The lowest BCUT2D eigenvalue weighted by molar-refractivity contribution is 0.274. The molecule has 0 bridgehead atoms. The van der Waals surface area contributed by atoms with Gasteiger partial charge in [-0.25, -0.2) is 0 Å². The second-order valence-corrected chi connectivity index (χ2v) is 7.38. The molecular weight excluding hydrogens is 242 g/mol. The van der Waals surface area contributed by atoms with Gasteiger partial charge < -0.3 is 5.32 Å². The van der Waals surface area contributed by atoms with Crippen LogP contribution in [0.15, 0.2) is 0 Å². The monoisotopic (exact) mass is 273 g/mol. The van der Waals surface area contributed by atoms with Gasteiger partial charge in [-0.2, -0.15) is 0 Å². The van der Waals surface area contributed by atoms with Crippen LogP contribution in [0.5, 0.6) is 0 Å². The summed E-state index contributed by atoms with van der Waals surface area (Å²) in [5, 5.41) is 3.90. The van der Waals surface area contributed by atoms with Crippen molar-refractivity contribution in [2.24, 2.45) is 17.8 Å². The van der Waals surface area contributed by atoms with Crippen molar-refractivity contribution in [3.63, 3.8) is 0 Å². The molecule has 2 unspecified atom stereocenters. The average molecular weight is 273 g/mol. The summed E-state index contributed by atoms with van der Waals surface area (Å²) < 4.78 is 0. The van der Waals surface area contributed by atoms with E-state index in [1.54, 1.807) is 5.56 Å². The molecule has 0 amide bonds. The fraction of sp³-hybridized carbons (Fsp3) is 0.684. The van der Waals surface area contributed by atoms with E-state index in [9.17, 15) is 0 Å².